The number of anilines is 1. The molecule has 1 amide bonds. The number of nitrogens with zero attached hydrogens (tertiary/aromatic N) is 1. The maximum Gasteiger partial charge on any atom is 0.294 e. The van der Waals surface area contributed by atoms with E-state index in [9.17, 15) is 14.9 Å². The molecule has 20 heavy (non-hydrogen) atoms. The minimum Gasteiger partial charge on any atom is -0.351 e. The van der Waals surface area contributed by atoms with Crippen molar-refractivity contribution in [3.05, 3.63) is 33.9 Å². The van der Waals surface area contributed by atoms with Crippen LogP contribution in [0.5, 0.6) is 0 Å². The lowest BCUT2D eigenvalue weighted by atomic mass is 10.1. The van der Waals surface area contributed by atoms with E-state index in [0.29, 0.717) is 6.54 Å². The highest BCUT2D eigenvalue weighted by atomic mass is 32.2. The summed E-state index contributed by atoms with van der Waals surface area (Å²) in [5.74, 6) is 4.90. The average molecular weight is 298 g/mol. The molecule has 0 aliphatic carbocycles. The first-order valence-electron chi connectivity index (χ1n) is 5.90. The number of carbonyl (C=O) groups excluding carboxylic acids is 1. The van der Waals surface area contributed by atoms with Gasteiger partial charge in [0.15, 0.2) is 0 Å². The summed E-state index contributed by atoms with van der Waals surface area (Å²) in [5, 5.41) is 13.6. The molecular formula is C12H18N4O3S. The zero-order chi connectivity index (χ0) is 15.3. The Morgan fingerprint density at radius 1 is 1.50 bits per heavy atom. The number of nitrogen functional groups attached to an aromatic ring is 1. The zero-order valence-corrected chi connectivity index (χ0v) is 12.4. The normalized spacial score (nSPS) is 11.0. The molecule has 0 spiro atoms. The summed E-state index contributed by atoms with van der Waals surface area (Å²) in [6.45, 7) is 4.43. The summed E-state index contributed by atoms with van der Waals surface area (Å²) in [4.78, 5) is 22.4. The largest absolute Gasteiger partial charge is 0.351 e. The molecule has 0 fully saturated rings. The highest BCUT2D eigenvalue weighted by Gasteiger charge is 2.23. The molecule has 8 heteroatoms. The number of benzene rings is 1. The number of rotatable bonds is 6. The minimum absolute atomic E-state index is 0.0111. The van der Waals surface area contributed by atoms with Crippen LogP contribution >= 0.6 is 11.8 Å². The smallest absolute Gasteiger partial charge is 0.294 e. The highest BCUT2D eigenvalue weighted by molar-refractivity contribution is 7.99. The first-order chi connectivity index (χ1) is 9.32. The van der Waals surface area contributed by atoms with Gasteiger partial charge in [-0.25, -0.2) is 0 Å². The van der Waals surface area contributed by atoms with E-state index in [1.807, 2.05) is 20.1 Å². The Hall–Kier alpha value is -1.80. The Kier molecular flexibility index (Phi) is 5.34. The summed E-state index contributed by atoms with van der Waals surface area (Å²) < 4.78 is -0.118. The van der Waals surface area contributed by atoms with Crippen LogP contribution in [0.3, 0.4) is 0 Å². The fourth-order valence-electron chi connectivity index (χ4n) is 1.49. The van der Waals surface area contributed by atoms with Gasteiger partial charge >= 0.3 is 0 Å². The molecule has 0 saturated heterocycles. The van der Waals surface area contributed by atoms with Crippen molar-refractivity contribution in [3.8, 4) is 0 Å². The summed E-state index contributed by atoms with van der Waals surface area (Å²) in [6, 6.07) is 4.23. The van der Waals surface area contributed by atoms with E-state index in [1.54, 1.807) is 11.8 Å². The van der Waals surface area contributed by atoms with E-state index in [-0.39, 0.29) is 21.7 Å². The van der Waals surface area contributed by atoms with Crippen molar-refractivity contribution >= 4 is 29.0 Å². The van der Waals surface area contributed by atoms with Gasteiger partial charge in [-0.3, -0.25) is 20.8 Å². The number of carbonyl (C=O) groups is 1. The molecule has 0 saturated carbocycles. The SMILES string of the molecule is CSC(C)(C)CNC(=O)c1cccc([N+](=O)[O-])c1NN. The monoisotopic (exact) mass is 298 g/mol. The first-order valence-corrected chi connectivity index (χ1v) is 7.12. The third-order valence-electron chi connectivity index (χ3n) is 2.86. The van der Waals surface area contributed by atoms with Gasteiger partial charge in [-0.1, -0.05) is 6.07 Å². The number of nitro groups is 1. The molecule has 1 aromatic carbocycles. The zero-order valence-electron chi connectivity index (χ0n) is 11.6. The van der Waals surface area contributed by atoms with E-state index in [0.717, 1.165) is 0 Å². The predicted molar refractivity (Wildman–Crippen MR) is 80.8 cm³/mol. The van der Waals surface area contributed by atoms with Crippen LogP contribution in [0.1, 0.15) is 24.2 Å². The minimum atomic E-state index is -0.586. The second kappa shape index (κ2) is 6.58. The Morgan fingerprint density at radius 2 is 2.15 bits per heavy atom. The number of nitrogens with two attached hydrogens (primary N) is 1. The fraction of sp³-hybridized carbons (Fsp3) is 0.417. The van der Waals surface area contributed by atoms with Crippen molar-refractivity contribution < 1.29 is 9.72 Å². The summed E-state index contributed by atoms with van der Waals surface area (Å²) in [6.07, 6.45) is 1.95. The number of nitrogens with one attached hydrogen (secondary N) is 2. The van der Waals surface area contributed by atoms with Gasteiger partial charge in [0.05, 0.1) is 10.5 Å². The van der Waals surface area contributed by atoms with Gasteiger partial charge in [-0.15, -0.1) is 0 Å². The number of hydrazine groups is 1. The van der Waals surface area contributed by atoms with Gasteiger partial charge in [0, 0.05) is 17.4 Å². The topological polar surface area (TPSA) is 110 Å². The average Bonchev–Trinajstić information content (AvgIpc) is 2.43. The van der Waals surface area contributed by atoms with Crippen LogP contribution < -0.4 is 16.6 Å². The quantitative estimate of drug-likeness (QED) is 0.419. The number of hydrogen-bond donors (Lipinski definition) is 3. The molecule has 0 aromatic heterocycles. The van der Waals surface area contributed by atoms with Crippen LogP contribution in [-0.4, -0.2) is 28.4 Å². The van der Waals surface area contributed by atoms with E-state index in [2.05, 4.69) is 10.7 Å². The number of thioether (sulfide) groups is 1. The molecule has 7 nitrogen and oxygen atoms in total. The van der Waals surface area contributed by atoms with Crippen LogP contribution in [-0.2, 0) is 0 Å². The van der Waals surface area contributed by atoms with Crippen LogP contribution in [0.4, 0.5) is 11.4 Å². The molecule has 4 N–H and O–H groups in total. The molecule has 0 unspecified atom stereocenters. The van der Waals surface area contributed by atoms with Crippen LogP contribution in [0.15, 0.2) is 18.2 Å². The standard InChI is InChI=1S/C12H18N4O3S/c1-12(2,20-3)7-14-11(17)8-5-4-6-9(16(18)19)10(8)15-13/h4-6,15H,7,13H2,1-3H3,(H,14,17). The second-order valence-electron chi connectivity index (χ2n) is 4.75. The van der Waals surface area contributed by atoms with Gasteiger partial charge < -0.3 is 10.7 Å². The molecule has 0 atom stereocenters. The second-order valence-corrected chi connectivity index (χ2v) is 6.26. The molecule has 0 heterocycles. The molecule has 1 aromatic rings. The van der Waals surface area contributed by atoms with Crippen molar-refractivity contribution in [1.29, 1.82) is 0 Å². The van der Waals surface area contributed by atoms with E-state index >= 15 is 0 Å². The number of para-hydroxylation sites is 1. The lowest BCUT2D eigenvalue weighted by Gasteiger charge is -2.22. The Balaban J connectivity index is 2.99. The summed E-state index contributed by atoms with van der Waals surface area (Å²) >= 11 is 1.62. The summed E-state index contributed by atoms with van der Waals surface area (Å²) in [5.41, 5.74) is 2.16. The van der Waals surface area contributed by atoms with Crippen molar-refractivity contribution in [3.63, 3.8) is 0 Å². The maximum absolute atomic E-state index is 12.1. The lowest BCUT2D eigenvalue weighted by molar-refractivity contribution is -0.384. The van der Waals surface area contributed by atoms with Crippen molar-refractivity contribution in [1.82, 2.24) is 5.32 Å². The van der Waals surface area contributed by atoms with Crippen molar-refractivity contribution in [2.75, 3.05) is 18.2 Å². The third kappa shape index (κ3) is 3.84. The summed E-state index contributed by atoms with van der Waals surface area (Å²) in [7, 11) is 0. The van der Waals surface area contributed by atoms with E-state index < -0.39 is 10.8 Å². The van der Waals surface area contributed by atoms with Gasteiger partial charge in [0.25, 0.3) is 11.6 Å². The number of amides is 1. The van der Waals surface area contributed by atoms with E-state index in [4.69, 9.17) is 5.84 Å². The molecule has 110 valence electrons. The van der Waals surface area contributed by atoms with Gasteiger partial charge in [-0.2, -0.15) is 11.8 Å². The van der Waals surface area contributed by atoms with Gasteiger partial charge in [-0.05, 0) is 26.2 Å². The number of nitro benzene ring substituents is 1. The molecule has 0 aliphatic rings. The predicted octanol–water partition coefficient (Wildman–Crippen LogP) is 1.75. The van der Waals surface area contributed by atoms with Crippen LogP contribution in [0.2, 0.25) is 0 Å². The highest BCUT2D eigenvalue weighted by Crippen LogP contribution is 2.27. The molecule has 1 rings (SSSR count). The third-order valence-corrected chi connectivity index (χ3v) is 4.10. The van der Waals surface area contributed by atoms with E-state index in [1.165, 1.54) is 18.2 Å². The van der Waals surface area contributed by atoms with Crippen LogP contribution in [0.25, 0.3) is 0 Å². The molecule has 0 bridgehead atoms. The van der Waals surface area contributed by atoms with Gasteiger partial charge in [0.1, 0.15) is 5.69 Å². The Bertz CT molecular complexity index is 519. The Labute approximate surface area is 121 Å². The first kappa shape index (κ1) is 16.3. The Morgan fingerprint density at radius 3 is 2.65 bits per heavy atom. The molecule has 0 radical (unpaired) electrons. The number of hydrogen-bond acceptors (Lipinski definition) is 6. The van der Waals surface area contributed by atoms with Crippen LogP contribution in [0, 0.1) is 10.1 Å². The fourth-order valence-corrected chi connectivity index (χ4v) is 1.71. The van der Waals surface area contributed by atoms with Gasteiger partial charge in [0.2, 0.25) is 0 Å². The van der Waals surface area contributed by atoms with Crippen molar-refractivity contribution in [2.24, 2.45) is 5.84 Å². The molecular weight excluding hydrogens is 280 g/mol. The van der Waals surface area contributed by atoms with Crippen molar-refractivity contribution in [2.45, 2.75) is 18.6 Å². The maximum atomic E-state index is 12.1. The molecule has 0 aliphatic heterocycles. The lowest BCUT2D eigenvalue weighted by Crippen LogP contribution is -2.36.